The maximum absolute atomic E-state index is 11.4. The van der Waals surface area contributed by atoms with Crippen LogP contribution >= 0.6 is 0 Å². The van der Waals surface area contributed by atoms with E-state index in [4.69, 9.17) is 6.42 Å². The topological polar surface area (TPSA) is 37.4 Å². The van der Waals surface area contributed by atoms with Gasteiger partial charge in [0.15, 0.2) is 0 Å². The molecule has 0 N–H and O–H groups in total. The Labute approximate surface area is 73.8 Å². The molecule has 1 fully saturated rings. The third kappa shape index (κ3) is 2.23. The minimum atomic E-state index is -3.14. The summed E-state index contributed by atoms with van der Waals surface area (Å²) in [5, 5.41) is 0. The van der Waals surface area contributed by atoms with Gasteiger partial charge in [-0.1, -0.05) is 12.3 Å². The molecule has 4 heteroatoms. The van der Waals surface area contributed by atoms with Crippen LogP contribution in [-0.4, -0.2) is 31.6 Å². The summed E-state index contributed by atoms with van der Waals surface area (Å²) in [6.45, 7) is 1.29. The Morgan fingerprint density at radius 1 is 1.25 bits per heavy atom. The van der Waals surface area contributed by atoms with Gasteiger partial charge in [0.1, 0.15) is 5.75 Å². The van der Waals surface area contributed by atoms with E-state index in [1.54, 1.807) is 0 Å². The van der Waals surface area contributed by atoms with Crippen molar-refractivity contribution >= 4 is 10.0 Å². The van der Waals surface area contributed by atoms with Crippen molar-refractivity contribution in [3.05, 3.63) is 0 Å². The average molecular weight is 187 g/mol. The lowest BCUT2D eigenvalue weighted by Crippen LogP contribution is -2.36. The molecule has 1 aliphatic rings. The van der Waals surface area contributed by atoms with Crippen LogP contribution in [-0.2, 0) is 10.0 Å². The lowest BCUT2D eigenvalue weighted by molar-refractivity contribution is 0.348. The summed E-state index contributed by atoms with van der Waals surface area (Å²) in [5.41, 5.74) is 0. The van der Waals surface area contributed by atoms with E-state index in [1.807, 2.05) is 0 Å². The number of terminal acetylenes is 1. The van der Waals surface area contributed by atoms with E-state index in [2.05, 4.69) is 5.92 Å². The largest absolute Gasteiger partial charge is 0.225 e. The molecule has 0 bridgehead atoms. The molecular formula is C8H13NO2S. The number of hydrogen-bond donors (Lipinski definition) is 0. The molecule has 0 atom stereocenters. The molecule has 0 aliphatic carbocycles. The van der Waals surface area contributed by atoms with Crippen molar-refractivity contribution in [2.75, 3.05) is 18.8 Å². The quantitative estimate of drug-likeness (QED) is 0.588. The second-order valence-corrected chi connectivity index (χ2v) is 4.89. The van der Waals surface area contributed by atoms with E-state index in [1.165, 1.54) is 4.31 Å². The van der Waals surface area contributed by atoms with Crippen molar-refractivity contribution in [2.45, 2.75) is 19.3 Å². The van der Waals surface area contributed by atoms with Crippen molar-refractivity contribution in [2.24, 2.45) is 0 Å². The van der Waals surface area contributed by atoms with E-state index < -0.39 is 10.0 Å². The zero-order valence-corrected chi connectivity index (χ0v) is 7.81. The van der Waals surface area contributed by atoms with E-state index in [-0.39, 0.29) is 5.75 Å². The molecule has 1 rings (SSSR count). The van der Waals surface area contributed by atoms with Crippen LogP contribution in [0, 0.1) is 12.3 Å². The number of rotatable bonds is 2. The number of hydrogen-bond acceptors (Lipinski definition) is 2. The lowest BCUT2D eigenvalue weighted by atomic mass is 10.2. The first-order valence-electron chi connectivity index (χ1n) is 4.08. The van der Waals surface area contributed by atoms with Crippen molar-refractivity contribution in [3.63, 3.8) is 0 Å². The van der Waals surface area contributed by atoms with Gasteiger partial charge in [0.05, 0.1) is 0 Å². The molecule has 0 unspecified atom stereocenters. The van der Waals surface area contributed by atoms with Gasteiger partial charge in [-0.05, 0) is 12.8 Å². The molecule has 0 amide bonds. The van der Waals surface area contributed by atoms with Gasteiger partial charge in [-0.25, -0.2) is 12.7 Å². The third-order valence-corrected chi connectivity index (χ3v) is 3.66. The van der Waals surface area contributed by atoms with Crippen molar-refractivity contribution < 1.29 is 8.42 Å². The second-order valence-electron chi connectivity index (χ2n) is 2.92. The van der Waals surface area contributed by atoms with Crippen molar-refractivity contribution in [1.82, 2.24) is 4.31 Å². The Balaban J connectivity index is 2.62. The first kappa shape index (κ1) is 9.56. The van der Waals surface area contributed by atoms with Crippen LogP contribution in [0.15, 0.2) is 0 Å². The van der Waals surface area contributed by atoms with E-state index in [9.17, 15) is 8.42 Å². The van der Waals surface area contributed by atoms with Gasteiger partial charge in [-0.3, -0.25) is 0 Å². The molecule has 0 aromatic carbocycles. The Bertz CT molecular complexity index is 270. The van der Waals surface area contributed by atoms with Crippen LogP contribution in [0.25, 0.3) is 0 Å². The molecule has 3 nitrogen and oxygen atoms in total. The number of sulfonamides is 1. The lowest BCUT2D eigenvalue weighted by Gasteiger charge is -2.24. The fraction of sp³-hybridized carbons (Fsp3) is 0.750. The average Bonchev–Trinajstić information content (AvgIpc) is 2.06. The summed E-state index contributed by atoms with van der Waals surface area (Å²) >= 11 is 0. The molecule has 0 aromatic rings. The van der Waals surface area contributed by atoms with Gasteiger partial charge in [-0.15, -0.1) is 6.42 Å². The molecule has 1 aliphatic heterocycles. The van der Waals surface area contributed by atoms with E-state index in [0.29, 0.717) is 13.1 Å². The number of piperidine rings is 1. The summed E-state index contributed by atoms with van der Waals surface area (Å²) in [6, 6.07) is 0. The van der Waals surface area contributed by atoms with Crippen LogP contribution in [0.3, 0.4) is 0 Å². The summed E-state index contributed by atoms with van der Waals surface area (Å²) < 4.78 is 24.2. The summed E-state index contributed by atoms with van der Waals surface area (Å²) in [5.74, 6) is 2.02. The monoisotopic (exact) mass is 187 g/mol. The van der Waals surface area contributed by atoms with Gasteiger partial charge >= 0.3 is 0 Å². The van der Waals surface area contributed by atoms with Gasteiger partial charge in [0, 0.05) is 13.1 Å². The normalized spacial score (nSPS) is 20.2. The van der Waals surface area contributed by atoms with Gasteiger partial charge in [-0.2, -0.15) is 0 Å². The molecule has 0 radical (unpaired) electrons. The van der Waals surface area contributed by atoms with Crippen molar-refractivity contribution in [1.29, 1.82) is 0 Å². The SMILES string of the molecule is C#CCS(=O)(=O)N1CCCCC1. The zero-order valence-electron chi connectivity index (χ0n) is 6.99. The Hall–Kier alpha value is -0.530. The standard InChI is InChI=1S/C8H13NO2S/c1-2-8-12(10,11)9-6-4-3-5-7-9/h1H,3-8H2. The third-order valence-electron chi connectivity index (χ3n) is 1.97. The predicted octanol–water partition coefficient (Wildman–Crippen LogP) is 0.435. The minimum absolute atomic E-state index is 0.160. The molecule has 68 valence electrons. The highest BCUT2D eigenvalue weighted by molar-refractivity contribution is 7.89. The van der Waals surface area contributed by atoms with Gasteiger partial charge in [0.25, 0.3) is 0 Å². The molecule has 0 spiro atoms. The Morgan fingerprint density at radius 3 is 2.33 bits per heavy atom. The van der Waals surface area contributed by atoms with Crippen molar-refractivity contribution in [3.8, 4) is 12.3 Å². The Morgan fingerprint density at radius 2 is 1.83 bits per heavy atom. The van der Waals surface area contributed by atoms with Crippen LogP contribution < -0.4 is 0 Å². The highest BCUT2D eigenvalue weighted by Gasteiger charge is 2.22. The fourth-order valence-corrected chi connectivity index (χ4v) is 2.55. The molecule has 1 heterocycles. The van der Waals surface area contributed by atoms with Crippen LogP contribution in [0.4, 0.5) is 0 Å². The second kappa shape index (κ2) is 3.92. The molecular weight excluding hydrogens is 174 g/mol. The van der Waals surface area contributed by atoms with E-state index >= 15 is 0 Å². The first-order chi connectivity index (χ1) is 5.67. The first-order valence-corrected chi connectivity index (χ1v) is 5.69. The van der Waals surface area contributed by atoms with Crippen LogP contribution in [0.2, 0.25) is 0 Å². The molecule has 0 aromatic heterocycles. The summed E-state index contributed by atoms with van der Waals surface area (Å²) in [4.78, 5) is 0. The van der Waals surface area contributed by atoms with E-state index in [0.717, 1.165) is 19.3 Å². The Kier molecular flexibility index (Phi) is 3.12. The summed E-state index contributed by atoms with van der Waals surface area (Å²) in [6.07, 6.45) is 8.02. The zero-order chi connectivity index (χ0) is 9.03. The molecule has 0 saturated carbocycles. The predicted molar refractivity (Wildman–Crippen MR) is 48.0 cm³/mol. The van der Waals surface area contributed by atoms with Crippen LogP contribution in [0.5, 0.6) is 0 Å². The number of nitrogens with zero attached hydrogens (tertiary/aromatic N) is 1. The van der Waals surface area contributed by atoms with Gasteiger partial charge in [0.2, 0.25) is 10.0 Å². The highest BCUT2D eigenvalue weighted by atomic mass is 32.2. The molecule has 1 saturated heterocycles. The summed E-state index contributed by atoms with van der Waals surface area (Å²) in [7, 11) is -3.14. The molecule has 12 heavy (non-hydrogen) atoms. The minimum Gasteiger partial charge on any atom is -0.211 e. The maximum atomic E-state index is 11.4. The van der Waals surface area contributed by atoms with Crippen LogP contribution in [0.1, 0.15) is 19.3 Å². The smallest absolute Gasteiger partial charge is 0.211 e. The van der Waals surface area contributed by atoms with Gasteiger partial charge < -0.3 is 0 Å². The fourth-order valence-electron chi connectivity index (χ4n) is 1.34. The maximum Gasteiger partial charge on any atom is 0.225 e. The highest BCUT2D eigenvalue weighted by Crippen LogP contribution is 2.12.